The van der Waals surface area contributed by atoms with Gasteiger partial charge in [0.05, 0.1) is 29.1 Å². The van der Waals surface area contributed by atoms with Crippen molar-refractivity contribution in [1.82, 2.24) is 10.3 Å². The molecular weight excluding hydrogens is 320 g/mol. The molecular formula is C19H18N2O4. The van der Waals surface area contributed by atoms with Crippen molar-refractivity contribution in [3.05, 3.63) is 65.7 Å². The van der Waals surface area contributed by atoms with Crippen LogP contribution in [0.3, 0.4) is 0 Å². The van der Waals surface area contributed by atoms with E-state index < -0.39 is 11.9 Å². The molecule has 25 heavy (non-hydrogen) atoms. The Bertz CT molecular complexity index is 903. The number of furan rings is 1. The fourth-order valence-electron chi connectivity index (χ4n) is 2.52. The molecule has 0 unspecified atom stereocenters. The number of hydrogen-bond acceptors (Lipinski definition) is 5. The van der Waals surface area contributed by atoms with E-state index in [2.05, 4.69) is 10.3 Å². The van der Waals surface area contributed by atoms with Gasteiger partial charge < -0.3 is 14.5 Å². The van der Waals surface area contributed by atoms with Gasteiger partial charge in [0, 0.05) is 5.39 Å². The number of carbonyl (C=O) groups excluding carboxylic acids is 2. The number of ether oxygens (including phenoxy) is 1. The Labute approximate surface area is 144 Å². The number of nitrogens with one attached hydrogen (secondary N) is 1. The lowest BCUT2D eigenvalue weighted by atomic mass is 10.1. The predicted octanol–water partition coefficient (Wildman–Crippen LogP) is 3.17. The number of aromatic nitrogens is 1. The molecule has 0 radical (unpaired) electrons. The van der Waals surface area contributed by atoms with E-state index in [9.17, 15) is 9.59 Å². The van der Waals surface area contributed by atoms with Gasteiger partial charge in [-0.15, -0.1) is 0 Å². The van der Waals surface area contributed by atoms with Crippen molar-refractivity contribution in [3.63, 3.8) is 0 Å². The van der Waals surface area contributed by atoms with Crippen LogP contribution in [0.5, 0.6) is 0 Å². The largest absolute Gasteiger partial charge is 0.467 e. The van der Waals surface area contributed by atoms with E-state index in [0.29, 0.717) is 17.0 Å². The molecule has 1 aromatic carbocycles. The maximum Gasteiger partial charge on any atom is 0.340 e. The topological polar surface area (TPSA) is 81.4 Å². The van der Waals surface area contributed by atoms with E-state index in [1.54, 1.807) is 32.0 Å². The van der Waals surface area contributed by atoms with Crippen molar-refractivity contribution in [2.24, 2.45) is 0 Å². The first kappa shape index (κ1) is 16.7. The first-order valence-corrected chi connectivity index (χ1v) is 7.91. The molecule has 3 aromatic rings. The molecule has 0 aliphatic rings. The minimum atomic E-state index is -0.573. The molecule has 0 fully saturated rings. The number of amides is 1. The van der Waals surface area contributed by atoms with Crippen LogP contribution in [0.1, 0.15) is 34.8 Å². The molecule has 0 spiro atoms. The third-order valence-electron chi connectivity index (χ3n) is 3.82. The summed E-state index contributed by atoms with van der Waals surface area (Å²) in [6.45, 7) is 3.16. The van der Waals surface area contributed by atoms with Crippen molar-refractivity contribution in [3.8, 4) is 0 Å². The van der Waals surface area contributed by atoms with Gasteiger partial charge in [0.25, 0.3) is 5.91 Å². The van der Waals surface area contributed by atoms with E-state index in [4.69, 9.17) is 9.15 Å². The van der Waals surface area contributed by atoms with Gasteiger partial charge in [-0.1, -0.05) is 18.2 Å². The molecule has 0 aliphatic carbocycles. The fraction of sp³-hybridized carbons (Fsp3) is 0.211. The highest BCUT2D eigenvalue weighted by molar-refractivity contribution is 5.96. The average molecular weight is 338 g/mol. The third kappa shape index (κ3) is 3.85. The number of rotatable bonds is 5. The van der Waals surface area contributed by atoms with Gasteiger partial charge in [-0.3, -0.25) is 9.78 Å². The van der Waals surface area contributed by atoms with Crippen LogP contribution in [-0.2, 0) is 9.53 Å². The molecule has 0 saturated heterocycles. The Morgan fingerprint density at radius 2 is 2.04 bits per heavy atom. The number of esters is 1. The highest BCUT2D eigenvalue weighted by Gasteiger charge is 2.16. The number of para-hydroxylation sites is 1. The normalized spacial score (nSPS) is 11.9. The quantitative estimate of drug-likeness (QED) is 0.723. The van der Waals surface area contributed by atoms with Crippen LogP contribution in [0, 0.1) is 6.92 Å². The molecule has 0 aliphatic heterocycles. The molecule has 1 N–H and O–H groups in total. The smallest absolute Gasteiger partial charge is 0.340 e. The number of hydrogen-bond donors (Lipinski definition) is 1. The highest BCUT2D eigenvalue weighted by Crippen LogP contribution is 2.17. The lowest BCUT2D eigenvalue weighted by molar-refractivity contribution is -0.125. The second kappa shape index (κ2) is 7.17. The summed E-state index contributed by atoms with van der Waals surface area (Å²) in [5.74, 6) is -0.338. The first-order chi connectivity index (χ1) is 12.0. The molecule has 0 saturated carbocycles. The Morgan fingerprint density at radius 1 is 1.24 bits per heavy atom. The summed E-state index contributed by atoms with van der Waals surface area (Å²) >= 11 is 0. The molecule has 6 heteroatoms. The fourth-order valence-corrected chi connectivity index (χ4v) is 2.52. The van der Waals surface area contributed by atoms with Crippen molar-refractivity contribution in [2.75, 3.05) is 6.61 Å². The van der Waals surface area contributed by atoms with E-state index in [0.717, 1.165) is 10.9 Å². The number of pyridine rings is 1. The van der Waals surface area contributed by atoms with Gasteiger partial charge in [-0.05, 0) is 38.1 Å². The summed E-state index contributed by atoms with van der Waals surface area (Å²) in [4.78, 5) is 28.6. The maximum atomic E-state index is 12.3. The van der Waals surface area contributed by atoms with Gasteiger partial charge in [-0.2, -0.15) is 0 Å². The van der Waals surface area contributed by atoms with Gasteiger partial charge >= 0.3 is 5.97 Å². The summed E-state index contributed by atoms with van der Waals surface area (Å²) in [6.07, 6.45) is 1.54. The summed E-state index contributed by atoms with van der Waals surface area (Å²) in [5, 5.41) is 3.55. The zero-order valence-corrected chi connectivity index (χ0v) is 14.0. The van der Waals surface area contributed by atoms with Crippen LogP contribution in [0.2, 0.25) is 0 Å². The molecule has 0 bridgehead atoms. The summed E-state index contributed by atoms with van der Waals surface area (Å²) in [6, 6.07) is 12.4. The van der Waals surface area contributed by atoms with E-state index >= 15 is 0 Å². The van der Waals surface area contributed by atoms with E-state index in [1.807, 2.05) is 24.3 Å². The zero-order chi connectivity index (χ0) is 17.8. The van der Waals surface area contributed by atoms with Crippen molar-refractivity contribution in [2.45, 2.75) is 19.9 Å². The SMILES string of the molecule is Cc1nc2ccccc2cc1C(=O)OCC(=O)N[C@H](C)c1ccco1. The summed E-state index contributed by atoms with van der Waals surface area (Å²) in [5.41, 5.74) is 1.72. The minimum Gasteiger partial charge on any atom is -0.467 e. The molecule has 2 heterocycles. The Kier molecular flexibility index (Phi) is 4.79. The summed E-state index contributed by atoms with van der Waals surface area (Å²) < 4.78 is 10.3. The predicted molar refractivity (Wildman–Crippen MR) is 92.0 cm³/mol. The standard InChI is InChI=1S/C19H18N2O4/c1-12-15(10-14-6-3-4-7-16(14)20-12)19(23)25-11-18(22)21-13(2)17-8-5-9-24-17/h3-10,13H,11H2,1-2H3,(H,21,22)/t13-/m1/s1. The average Bonchev–Trinajstić information content (AvgIpc) is 3.14. The van der Waals surface area contributed by atoms with Crippen LogP contribution in [0.4, 0.5) is 0 Å². The first-order valence-electron chi connectivity index (χ1n) is 7.91. The van der Waals surface area contributed by atoms with Gasteiger partial charge in [0.15, 0.2) is 6.61 Å². The lowest BCUT2D eigenvalue weighted by Gasteiger charge is -2.12. The zero-order valence-electron chi connectivity index (χ0n) is 14.0. The molecule has 1 amide bonds. The van der Waals surface area contributed by atoms with Crippen LogP contribution >= 0.6 is 0 Å². The molecule has 2 aromatic heterocycles. The number of carbonyl (C=O) groups is 2. The molecule has 3 rings (SSSR count). The highest BCUT2D eigenvalue weighted by atomic mass is 16.5. The molecule has 1 atom stereocenters. The second-order valence-electron chi connectivity index (χ2n) is 5.69. The maximum absolute atomic E-state index is 12.3. The number of nitrogens with zero attached hydrogens (tertiary/aromatic N) is 1. The summed E-state index contributed by atoms with van der Waals surface area (Å²) in [7, 11) is 0. The third-order valence-corrected chi connectivity index (χ3v) is 3.82. The van der Waals surface area contributed by atoms with Gasteiger partial charge in [0.2, 0.25) is 0 Å². The van der Waals surface area contributed by atoms with Crippen LogP contribution in [0.25, 0.3) is 10.9 Å². The molecule has 128 valence electrons. The van der Waals surface area contributed by atoms with Crippen molar-refractivity contribution < 1.29 is 18.7 Å². The monoisotopic (exact) mass is 338 g/mol. The van der Waals surface area contributed by atoms with E-state index in [1.165, 1.54) is 6.26 Å². The van der Waals surface area contributed by atoms with Crippen LogP contribution in [0.15, 0.2) is 53.1 Å². The van der Waals surface area contributed by atoms with E-state index in [-0.39, 0.29) is 12.6 Å². The second-order valence-corrected chi connectivity index (χ2v) is 5.69. The molecule has 6 nitrogen and oxygen atoms in total. The van der Waals surface area contributed by atoms with Crippen LogP contribution in [-0.4, -0.2) is 23.5 Å². The van der Waals surface area contributed by atoms with Crippen molar-refractivity contribution in [1.29, 1.82) is 0 Å². The van der Waals surface area contributed by atoms with Gasteiger partial charge in [-0.25, -0.2) is 4.79 Å². The Hall–Kier alpha value is -3.15. The van der Waals surface area contributed by atoms with Crippen molar-refractivity contribution >= 4 is 22.8 Å². The Balaban J connectivity index is 1.62. The minimum absolute atomic E-state index is 0.301. The van der Waals surface area contributed by atoms with Crippen LogP contribution < -0.4 is 5.32 Å². The lowest BCUT2D eigenvalue weighted by Crippen LogP contribution is -2.31. The van der Waals surface area contributed by atoms with Gasteiger partial charge in [0.1, 0.15) is 5.76 Å². The number of aryl methyl sites for hydroxylation is 1. The number of fused-ring (bicyclic) bond motifs is 1. The number of benzene rings is 1. The Morgan fingerprint density at radius 3 is 2.80 bits per heavy atom.